The number of carbonyl (C=O) groups is 3. The lowest BCUT2D eigenvalue weighted by Crippen LogP contribution is -2.30. The number of hydrogen-bond donors (Lipinski definition) is 2. The van der Waals surface area contributed by atoms with Gasteiger partial charge in [0.05, 0.1) is 26.7 Å². The van der Waals surface area contributed by atoms with Gasteiger partial charge in [0.2, 0.25) is 5.91 Å². The fraction of sp³-hybridized carbons (Fsp3) is 0.320. The molecule has 0 bridgehead atoms. The van der Waals surface area contributed by atoms with E-state index in [2.05, 4.69) is 10.3 Å². The van der Waals surface area contributed by atoms with Gasteiger partial charge in [-0.25, -0.2) is 0 Å². The molecule has 0 fully saturated rings. The van der Waals surface area contributed by atoms with Gasteiger partial charge in [-0.2, -0.15) is 0 Å². The summed E-state index contributed by atoms with van der Waals surface area (Å²) >= 11 is 12.4. The first kappa shape index (κ1) is 23.3. The summed E-state index contributed by atoms with van der Waals surface area (Å²) in [6.45, 7) is 2.89. The van der Waals surface area contributed by atoms with Crippen molar-refractivity contribution in [2.24, 2.45) is 0 Å². The summed E-state index contributed by atoms with van der Waals surface area (Å²) in [5.41, 5.74) is 3.89. The van der Waals surface area contributed by atoms with Crippen molar-refractivity contribution >= 4 is 51.8 Å². The predicted octanol–water partition coefficient (Wildman–Crippen LogP) is 5.30. The summed E-state index contributed by atoms with van der Waals surface area (Å²) in [5.74, 6) is -0.469. The third-order valence-corrected chi connectivity index (χ3v) is 6.85. The first-order valence-corrected chi connectivity index (χ1v) is 11.8. The number of aromatic amines is 1. The van der Waals surface area contributed by atoms with Gasteiger partial charge in [0, 0.05) is 30.6 Å². The van der Waals surface area contributed by atoms with Gasteiger partial charge in [0.25, 0.3) is 11.8 Å². The first-order chi connectivity index (χ1) is 15.9. The van der Waals surface area contributed by atoms with E-state index in [1.54, 1.807) is 30.3 Å². The summed E-state index contributed by atoms with van der Waals surface area (Å²) in [6.07, 6.45) is 3.25. The molecule has 1 aromatic heterocycles. The molecule has 3 amide bonds. The summed E-state index contributed by atoms with van der Waals surface area (Å²) < 4.78 is 0. The average Bonchev–Trinajstić information content (AvgIpc) is 3.25. The molecule has 0 radical (unpaired) electrons. The highest BCUT2D eigenvalue weighted by atomic mass is 35.5. The molecule has 1 aliphatic heterocycles. The van der Waals surface area contributed by atoms with Gasteiger partial charge in [-0.3, -0.25) is 19.3 Å². The molecule has 33 heavy (non-hydrogen) atoms. The van der Waals surface area contributed by atoms with Crippen LogP contribution in [0.1, 0.15) is 57.7 Å². The number of aromatic nitrogens is 1. The Morgan fingerprint density at radius 2 is 1.70 bits per heavy atom. The smallest absolute Gasteiger partial charge is 0.261 e. The maximum Gasteiger partial charge on any atom is 0.261 e. The molecule has 2 aromatic carbocycles. The molecule has 6 nitrogen and oxygen atoms in total. The minimum absolute atomic E-state index is 0.00528. The molecule has 2 heterocycles. The summed E-state index contributed by atoms with van der Waals surface area (Å²) in [4.78, 5) is 41.5. The van der Waals surface area contributed by atoms with Crippen LogP contribution in [0.5, 0.6) is 0 Å². The number of hydrogen-bond acceptors (Lipinski definition) is 3. The number of H-pyrrole nitrogens is 1. The summed E-state index contributed by atoms with van der Waals surface area (Å²) in [6, 6.07) is 10.6. The third-order valence-electron chi connectivity index (χ3n) is 6.05. The average molecular weight is 486 g/mol. The number of unbranched alkanes of at least 4 members (excludes halogenated alkanes) is 2. The standard InChI is InChI=1S/C25H25Cl2N3O3/c1-15-16(17-10-11-20(26)22(27)23(17)29-15)12-13-28-21(31)9-3-2-6-14-30-24(32)18-7-4-5-8-19(18)25(30)33/h4-5,7-8,10-11,29H,2-3,6,9,12-14H2,1H3,(H,28,31). The Bertz CT molecular complexity index is 1200. The van der Waals surface area contributed by atoms with Crippen molar-refractivity contribution in [2.75, 3.05) is 13.1 Å². The topological polar surface area (TPSA) is 82.3 Å². The Morgan fingerprint density at radius 3 is 2.39 bits per heavy atom. The van der Waals surface area contributed by atoms with Crippen molar-refractivity contribution in [3.8, 4) is 0 Å². The number of nitrogens with one attached hydrogen (secondary N) is 2. The molecule has 0 aliphatic carbocycles. The van der Waals surface area contributed by atoms with Crippen LogP contribution < -0.4 is 5.32 Å². The van der Waals surface area contributed by atoms with E-state index in [4.69, 9.17) is 23.2 Å². The lowest BCUT2D eigenvalue weighted by atomic mass is 10.1. The van der Waals surface area contributed by atoms with E-state index in [0.717, 1.165) is 28.6 Å². The van der Waals surface area contributed by atoms with Gasteiger partial charge in [0.1, 0.15) is 0 Å². The first-order valence-electron chi connectivity index (χ1n) is 11.1. The lowest BCUT2D eigenvalue weighted by Gasteiger charge is -2.13. The van der Waals surface area contributed by atoms with Gasteiger partial charge in [0.15, 0.2) is 0 Å². The fourth-order valence-electron chi connectivity index (χ4n) is 4.30. The molecule has 0 saturated heterocycles. The number of rotatable bonds is 9. The maximum atomic E-state index is 12.4. The second kappa shape index (κ2) is 9.98. The fourth-order valence-corrected chi connectivity index (χ4v) is 4.67. The Labute approximate surface area is 202 Å². The van der Waals surface area contributed by atoms with Gasteiger partial charge < -0.3 is 10.3 Å². The van der Waals surface area contributed by atoms with Crippen molar-refractivity contribution in [3.05, 3.63) is 68.8 Å². The molecule has 1 aliphatic rings. The largest absolute Gasteiger partial charge is 0.357 e. The van der Waals surface area contributed by atoms with Crippen LogP contribution in [0.2, 0.25) is 10.0 Å². The molecule has 172 valence electrons. The van der Waals surface area contributed by atoms with Crippen molar-refractivity contribution in [2.45, 2.75) is 39.0 Å². The van der Waals surface area contributed by atoms with Gasteiger partial charge in [-0.15, -0.1) is 0 Å². The maximum absolute atomic E-state index is 12.4. The highest BCUT2D eigenvalue weighted by Crippen LogP contribution is 2.33. The lowest BCUT2D eigenvalue weighted by molar-refractivity contribution is -0.121. The van der Waals surface area contributed by atoms with Crippen LogP contribution in [0.3, 0.4) is 0 Å². The zero-order valence-corrected chi connectivity index (χ0v) is 19.9. The van der Waals surface area contributed by atoms with Crippen LogP contribution in [0, 0.1) is 6.92 Å². The Hall–Kier alpha value is -2.83. The van der Waals surface area contributed by atoms with E-state index in [1.165, 1.54) is 4.90 Å². The number of aryl methyl sites for hydroxylation is 1. The van der Waals surface area contributed by atoms with Crippen molar-refractivity contribution in [1.82, 2.24) is 15.2 Å². The zero-order valence-electron chi connectivity index (χ0n) is 18.3. The molecule has 3 aromatic rings. The van der Waals surface area contributed by atoms with Gasteiger partial charge in [-0.1, -0.05) is 47.8 Å². The Kier molecular flexibility index (Phi) is 7.05. The molecule has 4 rings (SSSR count). The van der Waals surface area contributed by atoms with E-state index in [0.29, 0.717) is 59.9 Å². The predicted molar refractivity (Wildman–Crippen MR) is 130 cm³/mol. The van der Waals surface area contributed by atoms with E-state index in [-0.39, 0.29) is 17.7 Å². The van der Waals surface area contributed by atoms with Crippen LogP contribution >= 0.6 is 23.2 Å². The number of amides is 3. The van der Waals surface area contributed by atoms with E-state index in [1.807, 2.05) is 13.0 Å². The number of nitrogens with zero attached hydrogens (tertiary/aromatic N) is 1. The molecular weight excluding hydrogens is 461 g/mol. The van der Waals surface area contributed by atoms with E-state index >= 15 is 0 Å². The molecule has 0 atom stereocenters. The SMILES string of the molecule is Cc1[nH]c2c(Cl)c(Cl)ccc2c1CCNC(=O)CCCCCN1C(=O)c2ccccc2C1=O. The zero-order chi connectivity index (χ0) is 23.5. The van der Waals surface area contributed by atoms with E-state index in [9.17, 15) is 14.4 Å². The van der Waals surface area contributed by atoms with Crippen LogP contribution in [-0.2, 0) is 11.2 Å². The molecular formula is C25H25Cl2N3O3. The number of benzene rings is 2. The molecule has 8 heteroatoms. The third kappa shape index (κ3) is 4.77. The minimum atomic E-state index is -0.232. The second-order valence-corrected chi connectivity index (χ2v) is 9.02. The molecule has 0 unspecified atom stereocenters. The molecule has 0 saturated carbocycles. The number of carbonyl (C=O) groups excluding carboxylic acids is 3. The summed E-state index contributed by atoms with van der Waals surface area (Å²) in [7, 11) is 0. The Morgan fingerprint density at radius 1 is 1.00 bits per heavy atom. The quantitative estimate of drug-likeness (QED) is 0.318. The van der Waals surface area contributed by atoms with Crippen LogP contribution in [0.15, 0.2) is 36.4 Å². The molecule has 0 spiro atoms. The number of fused-ring (bicyclic) bond motifs is 2. The molecule has 2 N–H and O–H groups in total. The highest BCUT2D eigenvalue weighted by Gasteiger charge is 2.34. The normalized spacial score (nSPS) is 13.1. The monoisotopic (exact) mass is 485 g/mol. The number of halogens is 2. The minimum Gasteiger partial charge on any atom is -0.357 e. The van der Waals surface area contributed by atoms with Crippen molar-refractivity contribution in [1.29, 1.82) is 0 Å². The number of imide groups is 1. The van der Waals surface area contributed by atoms with Crippen molar-refractivity contribution in [3.63, 3.8) is 0 Å². The van der Waals surface area contributed by atoms with Crippen LogP contribution in [0.25, 0.3) is 10.9 Å². The van der Waals surface area contributed by atoms with Crippen LogP contribution in [-0.4, -0.2) is 40.7 Å². The van der Waals surface area contributed by atoms with Gasteiger partial charge in [-0.05, 0) is 49.9 Å². The van der Waals surface area contributed by atoms with E-state index < -0.39 is 0 Å². The van der Waals surface area contributed by atoms with Crippen LogP contribution in [0.4, 0.5) is 0 Å². The summed E-state index contributed by atoms with van der Waals surface area (Å²) in [5, 5.41) is 5.00. The van der Waals surface area contributed by atoms with Crippen molar-refractivity contribution < 1.29 is 14.4 Å². The second-order valence-electron chi connectivity index (χ2n) is 8.23. The highest BCUT2D eigenvalue weighted by molar-refractivity contribution is 6.45. The Balaban J connectivity index is 1.17. The van der Waals surface area contributed by atoms with Gasteiger partial charge >= 0.3 is 0 Å².